The second kappa shape index (κ2) is 2.92. The number of fused-ring (bicyclic) bond motifs is 1. The standard InChI is InChI=1S/C8H4BrFN2O/c9-5-1-2-7-6(4-13)8(10)11-12(7)3-5/h1-4H. The normalized spacial score (nSPS) is 10.6. The third-order valence-electron chi connectivity index (χ3n) is 1.70. The molecule has 0 amide bonds. The van der Waals surface area contributed by atoms with Gasteiger partial charge < -0.3 is 0 Å². The largest absolute Gasteiger partial charge is 0.298 e. The van der Waals surface area contributed by atoms with Gasteiger partial charge in [-0.2, -0.15) is 4.39 Å². The molecule has 2 aromatic heterocycles. The van der Waals surface area contributed by atoms with E-state index in [1.54, 1.807) is 18.3 Å². The topological polar surface area (TPSA) is 34.4 Å². The number of carbonyl (C=O) groups excluding carboxylic acids is 1. The van der Waals surface area contributed by atoms with E-state index in [1.165, 1.54) is 4.52 Å². The Balaban J connectivity index is 2.86. The van der Waals surface area contributed by atoms with E-state index in [9.17, 15) is 9.18 Å². The average molecular weight is 243 g/mol. The maximum absolute atomic E-state index is 13.0. The molecule has 0 saturated carbocycles. The molecule has 0 spiro atoms. The number of halogens is 2. The molecule has 66 valence electrons. The highest BCUT2D eigenvalue weighted by atomic mass is 79.9. The molecule has 0 unspecified atom stereocenters. The van der Waals surface area contributed by atoms with Crippen molar-refractivity contribution in [3.05, 3.63) is 34.3 Å². The second-order valence-corrected chi connectivity index (χ2v) is 3.42. The van der Waals surface area contributed by atoms with E-state index in [0.29, 0.717) is 11.8 Å². The molecule has 2 aromatic rings. The number of nitrogens with zero attached hydrogens (tertiary/aromatic N) is 2. The van der Waals surface area contributed by atoms with Gasteiger partial charge in [0.2, 0.25) is 5.95 Å². The molecule has 3 nitrogen and oxygen atoms in total. The Labute approximate surface area is 81.3 Å². The molecular weight excluding hydrogens is 239 g/mol. The minimum absolute atomic E-state index is 0.00694. The third-order valence-corrected chi connectivity index (χ3v) is 2.17. The third kappa shape index (κ3) is 1.25. The van der Waals surface area contributed by atoms with E-state index in [2.05, 4.69) is 21.0 Å². The van der Waals surface area contributed by atoms with Gasteiger partial charge in [0.25, 0.3) is 0 Å². The Bertz CT molecular complexity index is 480. The van der Waals surface area contributed by atoms with Crippen molar-refractivity contribution in [3.8, 4) is 0 Å². The zero-order valence-corrected chi connectivity index (χ0v) is 7.95. The van der Waals surface area contributed by atoms with E-state index >= 15 is 0 Å². The number of rotatable bonds is 1. The summed E-state index contributed by atoms with van der Waals surface area (Å²) in [6.45, 7) is 0. The highest BCUT2D eigenvalue weighted by molar-refractivity contribution is 9.10. The fourth-order valence-electron chi connectivity index (χ4n) is 1.12. The quantitative estimate of drug-likeness (QED) is 0.718. The summed E-state index contributed by atoms with van der Waals surface area (Å²) in [4.78, 5) is 10.5. The number of hydrogen-bond donors (Lipinski definition) is 0. The van der Waals surface area contributed by atoms with Gasteiger partial charge in [-0.15, -0.1) is 5.10 Å². The molecule has 0 N–H and O–H groups in total. The zero-order valence-electron chi connectivity index (χ0n) is 6.37. The van der Waals surface area contributed by atoms with Crippen LogP contribution in [0.15, 0.2) is 22.8 Å². The highest BCUT2D eigenvalue weighted by Crippen LogP contribution is 2.16. The van der Waals surface area contributed by atoms with Gasteiger partial charge in [-0.25, -0.2) is 4.52 Å². The Morgan fingerprint density at radius 2 is 2.31 bits per heavy atom. The molecule has 0 aromatic carbocycles. The van der Waals surface area contributed by atoms with Gasteiger partial charge in [-0.05, 0) is 28.1 Å². The molecule has 0 bridgehead atoms. The summed E-state index contributed by atoms with van der Waals surface area (Å²) >= 11 is 3.22. The Morgan fingerprint density at radius 1 is 1.54 bits per heavy atom. The van der Waals surface area contributed by atoms with Crippen LogP contribution >= 0.6 is 15.9 Å². The molecule has 0 atom stereocenters. The lowest BCUT2D eigenvalue weighted by molar-refractivity contribution is 0.112. The second-order valence-electron chi connectivity index (χ2n) is 2.50. The van der Waals surface area contributed by atoms with Crippen LogP contribution in [0.1, 0.15) is 10.4 Å². The van der Waals surface area contributed by atoms with Crippen molar-refractivity contribution in [1.29, 1.82) is 0 Å². The fourth-order valence-corrected chi connectivity index (χ4v) is 1.45. The minimum Gasteiger partial charge on any atom is -0.298 e. The predicted octanol–water partition coefficient (Wildman–Crippen LogP) is 2.05. The van der Waals surface area contributed by atoms with Gasteiger partial charge >= 0.3 is 0 Å². The van der Waals surface area contributed by atoms with Crippen molar-refractivity contribution in [2.45, 2.75) is 0 Å². The van der Waals surface area contributed by atoms with Crippen molar-refractivity contribution in [2.24, 2.45) is 0 Å². The van der Waals surface area contributed by atoms with Crippen molar-refractivity contribution >= 4 is 27.7 Å². The maximum Gasteiger partial charge on any atom is 0.244 e. The van der Waals surface area contributed by atoms with E-state index in [1.807, 2.05) is 0 Å². The Kier molecular flexibility index (Phi) is 1.88. The molecule has 0 aliphatic rings. The van der Waals surface area contributed by atoms with Crippen LogP contribution in [0.2, 0.25) is 0 Å². The lowest BCUT2D eigenvalue weighted by Gasteiger charge is -1.92. The van der Waals surface area contributed by atoms with Gasteiger partial charge in [0, 0.05) is 10.7 Å². The molecule has 2 rings (SSSR count). The van der Waals surface area contributed by atoms with Crippen LogP contribution in [0, 0.1) is 5.95 Å². The van der Waals surface area contributed by atoms with Crippen LogP contribution in [0.4, 0.5) is 4.39 Å². The lowest BCUT2D eigenvalue weighted by atomic mass is 10.3. The van der Waals surface area contributed by atoms with Crippen molar-refractivity contribution < 1.29 is 9.18 Å². The number of carbonyl (C=O) groups is 1. The zero-order chi connectivity index (χ0) is 9.42. The van der Waals surface area contributed by atoms with E-state index in [-0.39, 0.29) is 5.56 Å². The van der Waals surface area contributed by atoms with Crippen LogP contribution in [0.25, 0.3) is 5.52 Å². The Morgan fingerprint density at radius 3 is 3.00 bits per heavy atom. The first-order valence-electron chi connectivity index (χ1n) is 3.51. The predicted molar refractivity (Wildman–Crippen MR) is 48.2 cm³/mol. The minimum atomic E-state index is -0.743. The van der Waals surface area contributed by atoms with Gasteiger partial charge in [-0.3, -0.25) is 4.79 Å². The fraction of sp³-hybridized carbons (Fsp3) is 0. The van der Waals surface area contributed by atoms with Crippen molar-refractivity contribution in [1.82, 2.24) is 9.61 Å². The first-order valence-corrected chi connectivity index (χ1v) is 4.30. The van der Waals surface area contributed by atoms with E-state index < -0.39 is 5.95 Å². The smallest absolute Gasteiger partial charge is 0.244 e. The first kappa shape index (κ1) is 8.37. The summed E-state index contributed by atoms with van der Waals surface area (Å²) in [6, 6.07) is 3.35. The van der Waals surface area contributed by atoms with Crippen molar-refractivity contribution in [2.75, 3.05) is 0 Å². The highest BCUT2D eigenvalue weighted by Gasteiger charge is 2.10. The Hall–Kier alpha value is -1.23. The molecular formula is C8H4BrFN2O. The summed E-state index contributed by atoms with van der Waals surface area (Å²) < 4.78 is 15.1. The molecule has 2 heterocycles. The van der Waals surface area contributed by atoms with Gasteiger partial charge in [0.05, 0.1) is 11.1 Å². The molecule has 0 aliphatic carbocycles. The van der Waals surface area contributed by atoms with Crippen LogP contribution in [-0.2, 0) is 0 Å². The van der Waals surface area contributed by atoms with Crippen LogP contribution in [0.5, 0.6) is 0 Å². The summed E-state index contributed by atoms with van der Waals surface area (Å²) in [5.74, 6) is -0.743. The van der Waals surface area contributed by atoms with Crippen LogP contribution < -0.4 is 0 Å². The van der Waals surface area contributed by atoms with E-state index in [4.69, 9.17) is 0 Å². The van der Waals surface area contributed by atoms with Crippen LogP contribution in [0.3, 0.4) is 0 Å². The summed E-state index contributed by atoms with van der Waals surface area (Å²) in [5.41, 5.74) is 0.461. The number of hydrogen-bond acceptors (Lipinski definition) is 2. The molecule has 0 aliphatic heterocycles. The molecule has 13 heavy (non-hydrogen) atoms. The number of pyridine rings is 1. The molecule has 0 fully saturated rings. The van der Waals surface area contributed by atoms with Gasteiger partial charge in [-0.1, -0.05) is 0 Å². The summed E-state index contributed by atoms with van der Waals surface area (Å²) in [5, 5.41) is 3.53. The summed E-state index contributed by atoms with van der Waals surface area (Å²) in [7, 11) is 0. The first-order chi connectivity index (χ1) is 6.22. The number of aromatic nitrogens is 2. The van der Waals surface area contributed by atoms with Crippen LogP contribution in [-0.4, -0.2) is 15.9 Å². The van der Waals surface area contributed by atoms with Crippen molar-refractivity contribution in [3.63, 3.8) is 0 Å². The maximum atomic E-state index is 13.0. The SMILES string of the molecule is O=Cc1c(F)nn2cc(Br)ccc12. The summed E-state index contributed by atoms with van der Waals surface area (Å²) in [6.07, 6.45) is 2.05. The average Bonchev–Trinajstić information content (AvgIpc) is 2.39. The number of aldehydes is 1. The van der Waals surface area contributed by atoms with E-state index in [0.717, 1.165) is 4.47 Å². The van der Waals surface area contributed by atoms with Gasteiger partial charge in [0.1, 0.15) is 0 Å². The molecule has 0 radical (unpaired) electrons. The monoisotopic (exact) mass is 242 g/mol. The lowest BCUT2D eigenvalue weighted by Crippen LogP contribution is -1.85. The molecule has 5 heteroatoms. The molecule has 0 saturated heterocycles. The van der Waals surface area contributed by atoms with Gasteiger partial charge in [0.15, 0.2) is 6.29 Å².